The SMILES string of the molecule is CC(Oc1ncc(C(=O)Nc2c(C3CCC(F)(F)CC3)ccnc2-c2cc(F)ccc2F)cn1)C1CC1. The van der Waals surface area contributed by atoms with Gasteiger partial charge in [0, 0.05) is 37.0 Å². The van der Waals surface area contributed by atoms with Crippen molar-refractivity contribution in [3.63, 3.8) is 0 Å². The maximum atomic E-state index is 14.7. The predicted octanol–water partition coefficient (Wildman–Crippen LogP) is 6.54. The molecule has 1 unspecified atom stereocenters. The van der Waals surface area contributed by atoms with Crippen LogP contribution in [0.1, 0.15) is 67.3 Å². The fourth-order valence-corrected chi connectivity index (χ4v) is 4.69. The molecular weight excluding hydrogens is 488 g/mol. The fraction of sp³-hybridized carbons (Fsp3) is 0.407. The maximum absolute atomic E-state index is 14.7. The summed E-state index contributed by atoms with van der Waals surface area (Å²) in [5.41, 5.74) is 0.667. The van der Waals surface area contributed by atoms with Gasteiger partial charge < -0.3 is 10.1 Å². The van der Waals surface area contributed by atoms with Gasteiger partial charge in [0.25, 0.3) is 5.91 Å². The van der Waals surface area contributed by atoms with Gasteiger partial charge in [0.2, 0.25) is 5.92 Å². The lowest BCUT2D eigenvalue weighted by atomic mass is 9.81. The summed E-state index contributed by atoms with van der Waals surface area (Å²) in [6, 6.07) is 4.72. The number of halogens is 4. The van der Waals surface area contributed by atoms with E-state index in [1.807, 2.05) is 6.92 Å². The zero-order valence-corrected chi connectivity index (χ0v) is 20.2. The number of ether oxygens (including phenoxy) is 1. The normalized spacial score (nSPS) is 18.3. The number of rotatable bonds is 7. The van der Waals surface area contributed by atoms with E-state index in [4.69, 9.17) is 4.74 Å². The molecule has 2 fully saturated rings. The molecule has 10 heteroatoms. The molecule has 6 nitrogen and oxygen atoms in total. The number of hydrogen-bond donors (Lipinski definition) is 1. The van der Waals surface area contributed by atoms with E-state index in [0.717, 1.165) is 31.0 Å². The van der Waals surface area contributed by atoms with Crippen molar-refractivity contribution < 1.29 is 27.1 Å². The van der Waals surface area contributed by atoms with E-state index in [-0.39, 0.29) is 66.2 Å². The van der Waals surface area contributed by atoms with Crippen molar-refractivity contribution in [1.82, 2.24) is 15.0 Å². The minimum absolute atomic E-state index is 0.0133. The van der Waals surface area contributed by atoms with Crippen molar-refractivity contribution in [1.29, 1.82) is 0 Å². The van der Waals surface area contributed by atoms with Crippen LogP contribution in [-0.2, 0) is 0 Å². The van der Waals surface area contributed by atoms with Gasteiger partial charge in [-0.05, 0) is 74.3 Å². The number of benzene rings is 1. The van der Waals surface area contributed by atoms with Crippen molar-refractivity contribution >= 4 is 11.6 Å². The van der Waals surface area contributed by atoms with Crippen molar-refractivity contribution in [2.75, 3.05) is 5.32 Å². The second kappa shape index (κ2) is 10.1. The second-order valence-electron chi connectivity index (χ2n) is 9.75. The van der Waals surface area contributed by atoms with Crippen LogP contribution >= 0.6 is 0 Å². The van der Waals surface area contributed by atoms with Gasteiger partial charge in [-0.25, -0.2) is 27.5 Å². The monoisotopic (exact) mass is 514 g/mol. The van der Waals surface area contributed by atoms with Crippen LogP contribution in [0.4, 0.5) is 23.2 Å². The highest BCUT2D eigenvalue weighted by Gasteiger charge is 2.37. The Labute approximate surface area is 211 Å². The third-order valence-electron chi connectivity index (χ3n) is 7.03. The first kappa shape index (κ1) is 25.1. The largest absolute Gasteiger partial charge is 0.460 e. The number of nitrogens with one attached hydrogen (secondary N) is 1. The van der Waals surface area contributed by atoms with E-state index >= 15 is 0 Å². The Balaban J connectivity index is 1.46. The Kier molecular flexibility index (Phi) is 6.83. The lowest BCUT2D eigenvalue weighted by Gasteiger charge is -2.30. The Hall–Kier alpha value is -3.56. The van der Waals surface area contributed by atoms with Gasteiger partial charge in [0.15, 0.2) is 0 Å². The molecule has 2 aliphatic carbocycles. The topological polar surface area (TPSA) is 77.0 Å². The first-order valence-corrected chi connectivity index (χ1v) is 12.3. The molecule has 5 rings (SSSR count). The van der Waals surface area contributed by atoms with Gasteiger partial charge in [0.05, 0.1) is 16.9 Å². The highest BCUT2D eigenvalue weighted by Crippen LogP contribution is 2.45. The summed E-state index contributed by atoms with van der Waals surface area (Å²) in [6.45, 7) is 1.94. The number of carbonyl (C=O) groups excluding carboxylic acids is 1. The van der Waals surface area contributed by atoms with Gasteiger partial charge in [-0.3, -0.25) is 9.78 Å². The van der Waals surface area contributed by atoms with Crippen LogP contribution in [0.25, 0.3) is 11.3 Å². The molecule has 1 N–H and O–H groups in total. The fourth-order valence-electron chi connectivity index (χ4n) is 4.69. The molecule has 0 saturated heterocycles. The molecule has 2 aromatic heterocycles. The number of carbonyl (C=O) groups is 1. The minimum Gasteiger partial charge on any atom is -0.460 e. The molecule has 1 aromatic carbocycles. The summed E-state index contributed by atoms with van der Waals surface area (Å²) in [6.07, 6.45) is 5.98. The quantitative estimate of drug-likeness (QED) is 0.363. The highest BCUT2D eigenvalue weighted by atomic mass is 19.3. The number of aromatic nitrogens is 3. The van der Waals surface area contributed by atoms with Crippen LogP contribution in [0, 0.1) is 17.6 Å². The molecule has 0 bridgehead atoms. The standard InChI is InChI=1S/C27H26F4N4O2/c1-15(16-2-3-16)37-26-33-13-18(14-34-26)25(36)35-24-20(17-6-9-27(30,31)10-7-17)8-11-32-23(24)21-12-19(28)4-5-22(21)29/h4-5,8,11-17H,2-3,6-7,9-10H2,1H3,(H,35,36). The molecule has 0 radical (unpaired) electrons. The smallest absolute Gasteiger partial charge is 0.316 e. The minimum atomic E-state index is -2.75. The van der Waals surface area contributed by atoms with Gasteiger partial charge in [-0.15, -0.1) is 0 Å². The Morgan fingerprint density at radius 3 is 2.43 bits per heavy atom. The molecule has 0 spiro atoms. The molecular formula is C27H26F4N4O2. The van der Waals surface area contributed by atoms with E-state index < -0.39 is 23.5 Å². The van der Waals surface area contributed by atoms with Gasteiger partial charge in [0.1, 0.15) is 17.7 Å². The lowest BCUT2D eigenvalue weighted by molar-refractivity contribution is -0.0381. The number of hydrogen-bond acceptors (Lipinski definition) is 5. The zero-order valence-electron chi connectivity index (χ0n) is 20.2. The predicted molar refractivity (Wildman–Crippen MR) is 129 cm³/mol. The molecule has 2 aliphatic rings. The first-order valence-electron chi connectivity index (χ1n) is 12.3. The molecule has 1 atom stereocenters. The summed E-state index contributed by atoms with van der Waals surface area (Å²) >= 11 is 0. The van der Waals surface area contributed by atoms with Crippen LogP contribution in [-0.4, -0.2) is 32.9 Å². The van der Waals surface area contributed by atoms with E-state index in [0.29, 0.717) is 11.5 Å². The average molecular weight is 515 g/mol. The Morgan fingerprint density at radius 1 is 1.05 bits per heavy atom. The van der Waals surface area contributed by atoms with Crippen molar-refractivity contribution in [2.45, 2.75) is 63.4 Å². The number of anilines is 1. The molecule has 3 aromatic rings. The summed E-state index contributed by atoms with van der Waals surface area (Å²) in [5.74, 6) is -4.59. The van der Waals surface area contributed by atoms with Crippen molar-refractivity contribution in [3.8, 4) is 17.3 Å². The van der Waals surface area contributed by atoms with Gasteiger partial charge in [-0.1, -0.05) is 0 Å². The van der Waals surface area contributed by atoms with Crippen LogP contribution in [0.15, 0.2) is 42.9 Å². The zero-order chi connectivity index (χ0) is 26.2. The summed E-state index contributed by atoms with van der Waals surface area (Å²) in [5, 5.41) is 2.75. The molecule has 2 saturated carbocycles. The number of amides is 1. The van der Waals surface area contributed by atoms with Crippen LogP contribution in [0.2, 0.25) is 0 Å². The number of pyridine rings is 1. The average Bonchev–Trinajstić information content (AvgIpc) is 3.72. The molecule has 2 heterocycles. The van der Waals surface area contributed by atoms with Crippen LogP contribution in [0.3, 0.4) is 0 Å². The lowest BCUT2D eigenvalue weighted by Crippen LogP contribution is -2.25. The summed E-state index contributed by atoms with van der Waals surface area (Å²) < 4.78 is 62.1. The van der Waals surface area contributed by atoms with Crippen molar-refractivity contribution in [3.05, 3.63) is 65.6 Å². The highest BCUT2D eigenvalue weighted by molar-refractivity contribution is 6.06. The third-order valence-corrected chi connectivity index (χ3v) is 7.03. The number of alkyl halides is 2. The van der Waals surface area contributed by atoms with E-state index in [9.17, 15) is 22.4 Å². The second-order valence-corrected chi connectivity index (χ2v) is 9.75. The molecule has 1 amide bonds. The van der Waals surface area contributed by atoms with Gasteiger partial charge in [-0.2, -0.15) is 0 Å². The van der Waals surface area contributed by atoms with E-state index in [1.54, 1.807) is 6.07 Å². The van der Waals surface area contributed by atoms with Crippen molar-refractivity contribution in [2.24, 2.45) is 5.92 Å². The Morgan fingerprint density at radius 2 is 1.76 bits per heavy atom. The maximum Gasteiger partial charge on any atom is 0.316 e. The molecule has 194 valence electrons. The van der Waals surface area contributed by atoms with Gasteiger partial charge >= 0.3 is 6.01 Å². The number of nitrogens with zero attached hydrogens (tertiary/aromatic N) is 3. The van der Waals surface area contributed by atoms with E-state index in [1.165, 1.54) is 18.6 Å². The summed E-state index contributed by atoms with van der Waals surface area (Å²) in [7, 11) is 0. The molecule has 37 heavy (non-hydrogen) atoms. The van der Waals surface area contributed by atoms with Crippen LogP contribution in [0.5, 0.6) is 6.01 Å². The summed E-state index contributed by atoms with van der Waals surface area (Å²) in [4.78, 5) is 25.7. The Bertz CT molecular complexity index is 1290. The van der Waals surface area contributed by atoms with E-state index in [2.05, 4.69) is 20.3 Å². The first-order chi connectivity index (χ1) is 17.7. The van der Waals surface area contributed by atoms with Crippen LogP contribution < -0.4 is 10.1 Å². The third kappa shape index (κ3) is 5.73. The molecule has 0 aliphatic heterocycles.